The summed E-state index contributed by atoms with van der Waals surface area (Å²) in [5, 5.41) is 3.30. The molecule has 0 saturated carbocycles. The van der Waals surface area contributed by atoms with Crippen LogP contribution in [0.1, 0.15) is 27.5 Å². The van der Waals surface area contributed by atoms with Gasteiger partial charge < -0.3 is 0 Å². The average molecular weight is 356 g/mol. The molecule has 0 aliphatic heterocycles. The summed E-state index contributed by atoms with van der Waals surface area (Å²) in [4.78, 5) is 12.9. The van der Waals surface area contributed by atoms with Crippen LogP contribution >= 0.6 is 12.4 Å². The van der Waals surface area contributed by atoms with Gasteiger partial charge in [-0.15, -0.1) is 12.4 Å². The molecule has 0 heterocycles. The van der Waals surface area contributed by atoms with Gasteiger partial charge in [0, 0.05) is 12.1 Å². The number of carbonyl (C=O) groups excluding carboxylic acids is 1. The summed E-state index contributed by atoms with van der Waals surface area (Å²) in [6.07, 6.45) is 0. The number of Topliss-reactive ketones (excluding diaryl/α,β-unsaturated/α-hetero) is 1. The standard InChI is InChI=1S/C21H18FNO.ClH/c22-19-13-11-16(12-14-19)15-23-20(17-7-3-1-4-8-17)21(24)18-9-5-2-6-10-18;/h1-14,20,23H,15H2;1H. The van der Waals surface area contributed by atoms with Gasteiger partial charge in [0.05, 0.1) is 6.04 Å². The Morgan fingerprint density at radius 2 is 1.40 bits per heavy atom. The summed E-state index contributed by atoms with van der Waals surface area (Å²) in [5.41, 5.74) is 2.50. The van der Waals surface area contributed by atoms with Crippen LogP contribution in [0.5, 0.6) is 0 Å². The lowest BCUT2D eigenvalue weighted by molar-refractivity contribution is 0.0942. The van der Waals surface area contributed by atoms with Crippen molar-refractivity contribution >= 4 is 18.2 Å². The number of carbonyl (C=O) groups is 1. The number of benzene rings is 3. The summed E-state index contributed by atoms with van der Waals surface area (Å²) in [6.45, 7) is 0.485. The first-order valence-electron chi connectivity index (χ1n) is 7.86. The minimum atomic E-state index is -0.446. The zero-order valence-corrected chi connectivity index (χ0v) is 14.4. The maximum atomic E-state index is 13.0. The highest BCUT2D eigenvalue weighted by molar-refractivity contribution is 6.00. The second-order valence-corrected chi connectivity index (χ2v) is 5.58. The third-order valence-electron chi connectivity index (χ3n) is 3.88. The van der Waals surface area contributed by atoms with Gasteiger partial charge in [0.15, 0.2) is 5.78 Å². The number of nitrogens with one attached hydrogen (secondary N) is 1. The van der Waals surface area contributed by atoms with E-state index in [4.69, 9.17) is 0 Å². The molecule has 1 atom stereocenters. The Labute approximate surface area is 153 Å². The van der Waals surface area contributed by atoms with E-state index in [1.165, 1.54) is 12.1 Å². The molecule has 0 radical (unpaired) electrons. The topological polar surface area (TPSA) is 29.1 Å². The van der Waals surface area contributed by atoms with Crippen LogP contribution in [0.15, 0.2) is 84.9 Å². The predicted octanol–water partition coefficient (Wildman–Crippen LogP) is 4.96. The van der Waals surface area contributed by atoms with Crippen LogP contribution in [0.2, 0.25) is 0 Å². The van der Waals surface area contributed by atoms with E-state index in [1.807, 2.05) is 60.7 Å². The quantitative estimate of drug-likeness (QED) is 0.633. The first-order chi connectivity index (χ1) is 11.7. The van der Waals surface area contributed by atoms with Gasteiger partial charge in [-0.3, -0.25) is 10.1 Å². The summed E-state index contributed by atoms with van der Waals surface area (Å²) in [7, 11) is 0. The van der Waals surface area contributed by atoms with Crippen molar-refractivity contribution in [2.75, 3.05) is 0 Å². The number of halogens is 2. The molecule has 128 valence electrons. The monoisotopic (exact) mass is 355 g/mol. The summed E-state index contributed by atoms with van der Waals surface area (Å²) < 4.78 is 13.0. The Bertz CT molecular complexity index is 791. The van der Waals surface area contributed by atoms with Crippen LogP contribution < -0.4 is 5.32 Å². The molecule has 0 bridgehead atoms. The molecule has 3 rings (SSSR count). The second-order valence-electron chi connectivity index (χ2n) is 5.58. The summed E-state index contributed by atoms with van der Waals surface area (Å²) in [5.74, 6) is -0.248. The molecule has 3 aromatic carbocycles. The molecule has 0 amide bonds. The molecule has 2 nitrogen and oxygen atoms in total. The second kappa shape index (κ2) is 9.11. The van der Waals surface area contributed by atoms with E-state index in [0.717, 1.165) is 11.1 Å². The number of rotatable bonds is 6. The zero-order valence-electron chi connectivity index (χ0n) is 13.6. The van der Waals surface area contributed by atoms with E-state index in [9.17, 15) is 9.18 Å². The van der Waals surface area contributed by atoms with Gasteiger partial charge in [0.1, 0.15) is 5.82 Å². The average Bonchev–Trinajstić information content (AvgIpc) is 2.65. The van der Waals surface area contributed by atoms with Crippen LogP contribution in [0.3, 0.4) is 0 Å². The zero-order chi connectivity index (χ0) is 16.8. The largest absolute Gasteiger partial charge is 0.299 e. The van der Waals surface area contributed by atoms with Crippen LogP contribution in [0.25, 0.3) is 0 Å². The first-order valence-corrected chi connectivity index (χ1v) is 7.86. The molecule has 0 saturated heterocycles. The SMILES string of the molecule is Cl.O=C(c1ccccc1)C(NCc1ccc(F)cc1)c1ccccc1. The molecular weight excluding hydrogens is 337 g/mol. The molecular formula is C21H19ClFNO. The van der Waals surface area contributed by atoms with Gasteiger partial charge in [-0.25, -0.2) is 4.39 Å². The van der Waals surface area contributed by atoms with E-state index < -0.39 is 6.04 Å². The van der Waals surface area contributed by atoms with Gasteiger partial charge >= 0.3 is 0 Å². The Kier molecular flexibility index (Phi) is 6.87. The maximum absolute atomic E-state index is 13.0. The highest BCUT2D eigenvalue weighted by Crippen LogP contribution is 2.19. The Morgan fingerprint density at radius 3 is 2.00 bits per heavy atom. The van der Waals surface area contributed by atoms with Crippen molar-refractivity contribution in [2.45, 2.75) is 12.6 Å². The van der Waals surface area contributed by atoms with Crippen LogP contribution in [-0.2, 0) is 6.54 Å². The lowest BCUT2D eigenvalue weighted by Crippen LogP contribution is -2.28. The van der Waals surface area contributed by atoms with Crippen molar-refractivity contribution in [1.29, 1.82) is 0 Å². The van der Waals surface area contributed by atoms with Crippen molar-refractivity contribution in [1.82, 2.24) is 5.32 Å². The smallest absolute Gasteiger partial charge is 0.184 e. The van der Waals surface area contributed by atoms with Crippen LogP contribution in [0.4, 0.5) is 4.39 Å². The molecule has 25 heavy (non-hydrogen) atoms. The van der Waals surface area contributed by atoms with E-state index in [2.05, 4.69) is 5.32 Å². The third-order valence-corrected chi connectivity index (χ3v) is 3.88. The minimum Gasteiger partial charge on any atom is -0.299 e. The maximum Gasteiger partial charge on any atom is 0.184 e. The molecule has 0 spiro atoms. The van der Waals surface area contributed by atoms with Crippen molar-refractivity contribution in [3.05, 3.63) is 107 Å². The van der Waals surface area contributed by atoms with Crippen molar-refractivity contribution in [3.8, 4) is 0 Å². The minimum absolute atomic E-state index is 0. The highest BCUT2D eigenvalue weighted by atomic mass is 35.5. The van der Waals surface area contributed by atoms with Gasteiger partial charge in [-0.2, -0.15) is 0 Å². The van der Waals surface area contributed by atoms with Gasteiger partial charge in [-0.05, 0) is 23.3 Å². The first kappa shape index (κ1) is 18.8. The van der Waals surface area contributed by atoms with Gasteiger partial charge in [0.2, 0.25) is 0 Å². The van der Waals surface area contributed by atoms with Crippen molar-refractivity contribution in [2.24, 2.45) is 0 Å². The Hall–Kier alpha value is -2.49. The van der Waals surface area contributed by atoms with Crippen LogP contribution in [0, 0.1) is 5.82 Å². The lowest BCUT2D eigenvalue weighted by atomic mass is 9.97. The molecule has 0 aliphatic carbocycles. The van der Waals surface area contributed by atoms with E-state index in [1.54, 1.807) is 12.1 Å². The Morgan fingerprint density at radius 1 is 0.840 bits per heavy atom. The van der Waals surface area contributed by atoms with E-state index in [-0.39, 0.29) is 24.0 Å². The molecule has 3 aromatic rings. The van der Waals surface area contributed by atoms with Gasteiger partial charge in [0.25, 0.3) is 0 Å². The summed E-state index contributed by atoms with van der Waals surface area (Å²) >= 11 is 0. The lowest BCUT2D eigenvalue weighted by Gasteiger charge is -2.18. The fourth-order valence-corrected chi connectivity index (χ4v) is 2.60. The molecule has 0 aromatic heterocycles. The molecule has 1 N–H and O–H groups in total. The third kappa shape index (κ3) is 4.99. The fourth-order valence-electron chi connectivity index (χ4n) is 2.60. The van der Waals surface area contributed by atoms with Crippen molar-refractivity contribution < 1.29 is 9.18 Å². The molecule has 0 fully saturated rings. The van der Waals surface area contributed by atoms with Crippen molar-refractivity contribution in [3.63, 3.8) is 0 Å². The van der Waals surface area contributed by atoms with Gasteiger partial charge in [-0.1, -0.05) is 72.8 Å². The predicted molar refractivity (Wildman–Crippen MR) is 100 cm³/mol. The summed E-state index contributed by atoms with van der Waals surface area (Å²) in [6, 6.07) is 24.7. The van der Waals surface area contributed by atoms with Crippen LogP contribution in [-0.4, -0.2) is 5.78 Å². The molecule has 0 aliphatic rings. The number of hydrogen-bond donors (Lipinski definition) is 1. The molecule has 1 unspecified atom stereocenters. The Balaban J connectivity index is 0.00000225. The highest BCUT2D eigenvalue weighted by Gasteiger charge is 2.21. The van der Waals surface area contributed by atoms with E-state index in [0.29, 0.717) is 12.1 Å². The number of ketones is 1. The fraction of sp³-hybridized carbons (Fsp3) is 0.0952. The number of hydrogen-bond acceptors (Lipinski definition) is 2. The molecule has 4 heteroatoms. The normalized spacial score (nSPS) is 11.4. The van der Waals surface area contributed by atoms with E-state index >= 15 is 0 Å².